The minimum atomic E-state index is -4.67. The van der Waals surface area contributed by atoms with Gasteiger partial charge in [-0.1, -0.05) is 39.0 Å². The minimum Gasteiger partial charge on any atom is -0.726 e. The Morgan fingerprint density at radius 3 is 1.68 bits per heavy atom. The Kier molecular flexibility index (Phi) is 17.9. The quantitative estimate of drug-likeness (QED) is 0.229. The molecule has 0 aromatic rings. The number of rotatable bonds is 8. The van der Waals surface area contributed by atoms with Crippen molar-refractivity contribution in [2.75, 3.05) is 6.61 Å². The molecule has 0 spiro atoms. The summed E-state index contributed by atoms with van der Waals surface area (Å²) in [6.07, 6.45) is 6.21. The first-order valence-electron chi connectivity index (χ1n) is 5.36. The Labute approximate surface area is 136 Å². The molecule has 0 amide bonds. The van der Waals surface area contributed by atoms with Gasteiger partial charge in [-0.05, 0) is 6.42 Å². The summed E-state index contributed by atoms with van der Waals surface area (Å²) in [6, 6.07) is 0. The number of hydrogen-bond donors (Lipinski definition) is 2. The second kappa shape index (κ2) is 13.7. The maximum atomic E-state index is 9.99. The molecule has 2 N–H and O–H groups in total. The zero-order valence-corrected chi connectivity index (χ0v) is 14.7. The van der Waals surface area contributed by atoms with E-state index in [-0.39, 0.29) is 36.2 Å². The fraction of sp³-hybridized carbons (Fsp3) is 1.00. The van der Waals surface area contributed by atoms with Crippen LogP contribution in [0.4, 0.5) is 0 Å². The Morgan fingerprint density at radius 1 is 0.947 bits per heavy atom. The van der Waals surface area contributed by atoms with Gasteiger partial charge < -0.3 is 4.55 Å². The molecule has 0 aromatic carbocycles. The van der Waals surface area contributed by atoms with Gasteiger partial charge >= 0.3 is 40.0 Å². The third-order valence-electron chi connectivity index (χ3n) is 1.73. The van der Waals surface area contributed by atoms with Crippen LogP contribution in [-0.4, -0.2) is 37.1 Å². The molecule has 0 aliphatic rings. The van der Waals surface area contributed by atoms with Gasteiger partial charge in [0.25, 0.3) is 0 Å². The van der Waals surface area contributed by atoms with Crippen molar-refractivity contribution in [3.8, 4) is 0 Å². The maximum Gasteiger partial charge on any atom is 1.00 e. The van der Waals surface area contributed by atoms with Crippen molar-refractivity contribution in [3.63, 3.8) is 0 Å². The molecule has 0 aromatic heterocycles. The number of unbranched alkanes of at least 4 members (excludes halogenated alkanes) is 5. The normalized spacial score (nSPS) is 11.2. The van der Waals surface area contributed by atoms with Crippen LogP contribution in [-0.2, 0) is 25.0 Å². The van der Waals surface area contributed by atoms with Crippen LogP contribution < -0.4 is 29.6 Å². The Bertz CT molecular complexity index is 370. The summed E-state index contributed by atoms with van der Waals surface area (Å²) in [5, 5.41) is 0. The largest absolute Gasteiger partial charge is 1.00 e. The molecule has 112 valence electrons. The van der Waals surface area contributed by atoms with E-state index >= 15 is 0 Å². The van der Waals surface area contributed by atoms with E-state index in [1.54, 1.807) is 0 Å². The van der Waals surface area contributed by atoms with Gasteiger partial charge in [-0.2, -0.15) is 8.42 Å². The van der Waals surface area contributed by atoms with E-state index < -0.39 is 20.8 Å². The van der Waals surface area contributed by atoms with Crippen molar-refractivity contribution < 1.29 is 64.2 Å². The fourth-order valence-corrected chi connectivity index (χ4v) is 1.37. The van der Waals surface area contributed by atoms with Crippen molar-refractivity contribution in [1.29, 1.82) is 0 Å². The Morgan fingerprint density at radius 2 is 1.32 bits per heavy atom. The molecule has 19 heavy (non-hydrogen) atoms. The molecule has 0 bridgehead atoms. The first-order chi connectivity index (χ1) is 8.06. The molecule has 11 heteroatoms. The third-order valence-corrected chi connectivity index (χ3v) is 2.18. The molecule has 0 heterocycles. The van der Waals surface area contributed by atoms with Gasteiger partial charge in [0.05, 0.1) is 6.61 Å². The summed E-state index contributed by atoms with van der Waals surface area (Å²) in [7, 11) is -9.14. The molecule has 0 saturated carbocycles. The van der Waals surface area contributed by atoms with E-state index in [0.29, 0.717) is 6.42 Å². The first-order valence-corrected chi connectivity index (χ1v) is 8.09. The monoisotopic (exact) mass is 330 g/mol. The average Bonchev–Trinajstić information content (AvgIpc) is 2.12. The fourth-order valence-electron chi connectivity index (χ4n) is 1.04. The second-order valence-corrected chi connectivity index (χ2v) is 5.39. The predicted octanol–water partition coefficient (Wildman–Crippen LogP) is -1.83. The molecule has 0 fully saturated rings. The van der Waals surface area contributed by atoms with Gasteiger partial charge in [-0.25, -0.2) is 8.42 Å². The van der Waals surface area contributed by atoms with Gasteiger partial charge in [-0.15, -0.1) is 0 Å². The summed E-state index contributed by atoms with van der Waals surface area (Å²) in [6.45, 7) is 2.16. The standard InChI is InChI=1S/C8H18O4S.Na.H2O4S/c1-2-3-4-5-6-7-8-12-13(9,10)11;;1-5(2,3)4/h2-8H2,1H3,(H,9,10,11);;(H2,1,2,3,4)/q;+1;/p-1. The molecule has 0 radical (unpaired) electrons. The summed E-state index contributed by atoms with van der Waals surface area (Å²) in [4.78, 5) is 0. The SMILES string of the molecule is CCCCCCCCOS(=O)(=O)[O-].O=S(=O)(O)O.[Na+]. The van der Waals surface area contributed by atoms with E-state index in [4.69, 9.17) is 17.5 Å². The maximum absolute atomic E-state index is 9.99. The van der Waals surface area contributed by atoms with E-state index in [1.165, 1.54) is 19.3 Å². The van der Waals surface area contributed by atoms with Crippen LogP contribution in [0.2, 0.25) is 0 Å². The summed E-state index contributed by atoms with van der Waals surface area (Å²) >= 11 is 0. The van der Waals surface area contributed by atoms with Crippen LogP contribution in [0.5, 0.6) is 0 Å². The smallest absolute Gasteiger partial charge is 0.726 e. The molecule has 0 atom stereocenters. The summed E-state index contributed by atoms with van der Waals surface area (Å²) in [5.41, 5.74) is 0. The summed E-state index contributed by atoms with van der Waals surface area (Å²) < 4.78 is 65.6. The van der Waals surface area contributed by atoms with E-state index in [9.17, 15) is 13.0 Å². The summed E-state index contributed by atoms with van der Waals surface area (Å²) in [5.74, 6) is 0. The van der Waals surface area contributed by atoms with Gasteiger partial charge in [0.15, 0.2) is 0 Å². The van der Waals surface area contributed by atoms with Crippen LogP contribution in [0.1, 0.15) is 45.4 Å². The van der Waals surface area contributed by atoms with E-state index in [0.717, 1.165) is 12.8 Å². The van der Waals surface area contributed by atoms with Crippen molar-refractivity contribution in [2.24, 2.45) is 0 Å². The molecular formula is C8H19NaO8S2. The molecule has 0 unspecified atom stereocenters. The molecule has 0 aliphatic heterocycles. The van der Waals surface area contributed by atoms with Crippen molar-refractivity contribution in [2.45, 2.75) is 45.4 Å². The predicted molar refractivity (Wildman–Crippen MR) is 63.2 cm³/mol. The van der Waals surface area contributed by atoms with E-state index in [1.807, 2.05) is 0 Å². The second-order valence-electron chi connectivity index (χ2n) is 3.45. The van der Waals surface area contributed by atoms with Crippen LogP contribution in [0.25, 0.3) is 0 Å². The average molecular weight is 330 g/mol. The van der Waals surface area contributed by atoms with Crippen molar-refractivity contribution in [1.82, 2.24) is 0 Å². The molecule has 8 nitrogen and oxygen atoms in total. The zero-order valence-electron chi connectivity index (χ0n) is 11.1. The van der Waals surface area contributed by atoms with Crippen molar-refractivity contribution in [3.05, 3.63) is 0 Å². The third kappa shape index (κ3) is 45.5. The topological polar surface area (TPSA) is 141 Å². The van der Waals surface area contributed by atoms with Crippen LogP contribution in [0, 0.1) is 0 Å². The molecule has 0 rings (SSSR count). The minimum absolute atomic E-state index is 0. The van der Waals surface area contributed by atoms with Gasteiger partial charge in [0, 0.05) is 0 Å². The molecule has 0 saturated heterocycles. The first kappa shape index (κ1) is 24.7. The Balaban J connectivity index is -0.000000366. The number of hydrogen-bond acceptors (Lipinski definition) is 6. The van der Waals surface area contributed by atoms with Gasteiger partial charge in [0.1, 0.15) is 0 Å². The van der Waals surface area contributed by atoms with Gasteiger partial charge in [0.2, 0.25) is 10.4 Å². The van der Waals surface area contributed by atoms with Crippen LogP contribution in [0.3, 0.4) is 0 Å². The van der Waals surface area contributed by atoms with Gasteiger partial charge in [-0.3, -0.25) is 13.3 Å². The zero-order chi connectivity index (χ0) is 14.7. The Hall–Kier alpha value is 0.740. The van der Waals surface area contributed by atoms with Crippen LogP contribution >= 0.6 is 0 Å². The molecule has 0 aliphatic carbocycles. The van der Waals surface area contributed by atoms with Crippen molar-refractivity contribution >= 4 is 20.8 Å². The van der Waals surface area contributed by atoms with E-state index in [2.05, 4.69) is 11.1 Å². The molecular weight excluding hydrogens is 311 g/mol. The van der Waals surface area contributed by atoms with Crippen LogP contribution in [0.15, 0.2) is 0 Å².